The van der Waals surface area contributed by atoms with E-state index in [4.69, 9.17) is 9.72 Å². The van der Waals surface area contributed by atoms with Crippen LogP contribution in [0.1, 0.15) is 17.0 Å². The van der Waals surface area contributed by atoms with Gasteiger partial charge >= 0.3 is 0 Å². The quantitative estimate of drug-likeness (QED) is 0.576. The number of methoxy groups -OCH3 is 1. The molecule has 5 nitrogen and oxygen atoms in total. The van der Waals surface area contributed by atoms with Gasteiger partial charge < -0.3 is 9.64 Å². The van der Waals surface area contributed by atoms with Crippen molar-refractivity contribution < 1.29 is 9.53 Å². The molecule has 156 valence electrons. The third kappa shape index (κ3) is 5.26. The third-order valence-corrected chi connectivity index (χ3v) is 6.33. The Kier molecular flexibility index (Phi) is 6.77. The number of hydrogen-bond acceptors (Lipinski definition) is 5. The van der Waals surface area contributed by atoms with Gasteiger partial charge in [-0.1, -0.05) is 42.5 Å². The van der Waals surface area contributed by atoms with Gasteiger partial charge in [0.2, 0.25) is 5.91 Å². The average molecular weight is 422 g/mol. The molecule has 3 aromatic rings. The Morgan fingerprint density at radius 3 is 2.47 bits per heavy atom. The molecule has 0 bridgehead atoms. The van der Waals surface area contributed by atoms with Gasteiger partial charge in [0.1, 0.15) is 10.8 Å². The molecule has 4 rings (SSSR count). The summed E-state index contributed by atoms with van der Waals surface area (Å²) < 4.78 is 5.18. The third-order valence-electron chi connectivity index (χ3n) is 5.49. The van der Waals surface area contributed by atoms with Crippen molar-refractivity contribution in [2.45, 2.75) is 19.4 Å². The number of amides is 1. The maximum atomic E-state index is 12.6. The van der Waals surface area contributed by atoms with E-state index in [2.05, 4.69) is 22.4 Å². The van der Waals surface area contributed by atoms with Crippen LogP contribution >= 0.6 is 11.3 Å². The average Bonchev–Trinajstić information content (AvgIpc) is 3.27. The second-order valence-corrected chi connectivity index (χ2v) is 8.44. The minimum Gasteiger partial charge on any atom is -0.497 e. The first-order valence-electron chi connectivity index (χ1n) is 10.3. The van der Waals surface area contributed by atoms with Crippen LogP contribution in [0.3, 0.4) is 0 Å². The van der Waals surface area contributed by atoms with Gasteiger partial charge in [-0.3, -0.25) is 9.69 Å². The highest BCUT2D eigenvalue weighted by Crippen LogP contribution is 2.23. The zero-order valence-electron chi connectivity index (χ0n) is 17.3. The Hall–Kier alpha value is -2.70. The van der Waals surface area contributed by atoms with Gasteiger partial charge in [0, 0.05) is 43.5 Å². The van der Waals surface area contributed by atoms with Crippen molar-refractivity contribution in [3.05, 3.63) is 70.5 Å². The number of nitrogens with zero attached hydrogens (tertiary/aromatic N) is 3. The van der Waals surface area contributed by atoms with E-state index in [1.165, 1.54) is 5.56 Å². The van der Waals surface area contributed by atoms with Gasteiger partial charge in [-0.05, 0) is 24.1 Å². The van der Waals surface area contributed by atoms with Crippen LogP contribution in [0.15, 0.2) is 60.0 Å². The van der Waals surface area contributed by atoms with Crippen molar-refractivity contribution in [3.8, 4) is 17.0 Å². The van der Waals surface area contributed by atoms with Crippen molar-refractivity contribution >= 4 is 17.2 Å². The summed E-state index contributed by atoms with van der Waals surface area (Å²) in [5.74, 6) is 1.09. The van der Waals surface area contributed by atoms with Crippen LogP contribution in [-0.4, -0.2) is 54.0 Å². The molecule has 0 radical (unpaired) electrons. The molecule has 0 N–H and O–H groups in total. The van der Waals surface area contributed by atoms with Crippen LogP contribution in [0.25, 0.3) is 11.3 Å². The molecule has 0 aliphatic carbocycles. The Morgan fingerprint density at radius 2 is 1.77 bits per heavy atom. The first-order valence-corrected chi connectivity index (χ1v) is 11.2. The van der Waals surface area contributed by atoms with E-state index in [0.717, 1.165) is 61.2 Å². The molecular formula is C24H27N3O2S. The maximum Gasteiger partial charge on any atom is 0.222 e. The Balaban J connectivity index is 1.22. The number of benzene rings is 2. The van der Waals surface area contributed by atoms with E-state index in [1.807, 2.05) is 47.4 Å². The SMILES string of the molecule is COc1ccc(CCC(=O)N2CCN(Cc3nc(-c4ccccc4)cs3)CC2)cc1. The summed E-state index contributed by atoms with van der Waals surface area (Å²) in [5.41, 5.74) is 3.37. The van der Waals surface area contributed by atoms with Crippen molar-refractivity contribution in [3.63, 3.8) is 0 Å². The van der Waals surface area contributed by atoms with Crippen LogP contribution in [-0.2, 0) is 17.8 Å². The number of carbonyl (C=O) groups is 1. The topological polar surface area (TPSA) is 45.7 Å². The van der Waals surface area contributed by atoms with E-state index in [0.29, 0.717) is 6.42 Å². The molecule has 1 aliphatic rings. The van der Waals surface area contributed by atoms with Gasteiger partial charge in [0.15, 0.2) is 0 Å². The van der Waals surface area contributed by atoms with Crippen LogP contribution in [0, 0.1) is 0 Å². The van der Waals surface area contributed by atoms with Gasteiger partial charge in [-0.2, -0.15) is 0 Å². The van der Waals surface area contributed by atoms with Crippen molar-refractivity contribution in [2.75, 3.05) is 33.3 Å². The summed E-state index contributed by atoms with van der Waals surface area (Å²) in [4.78, 5) is 21.8. The van der Waals surface area contributed by atoms with Crippen LogP contribution in [0.5, 0.6) is 5.75 Å². The molecule has 2 aromatic carbocycles. The molecule has 1 amide bonds. The smallest absolute Gasteiger partial charge is 0.222 e. The van der Waals surface area contributed by atoms with Gasteiger partial charge in [-0.15, -0.1) is 11.3 Å². The highest BCUT2D eigenvalue weighted by atomic mass is 32.1. The predicted molar refractivity (Wildman–Crippen MR) is 121 cm³/mol. The van der Waals surface area contributed by atoms with Gasteiger partial charge in [-0.25, -0.2) is 4.98 Å². The lowest BCUT2D eigenvalue weighted by atomic mass is 10.1. The molecule has 0 spiro atoms. The van der Waals surface area contributed by atoms with Crippen LogP contribution in [0.4, 0.5) is 0 Å². The Labute approximate surface area is 181 Å². The van der Waals surface area contributed by atoms with Crippen molar-refractivity contribution in [1.82, 2.24) is 14.8 Å². The van der Waals surface area contributed by atoms with Gasteiger partial charge in [0.05, 0.1) is 19.3 Å². The number of thiazole rings is 1. The van der Waals surface area contributed by atoms with Gasteiger partial charge in [0.25, 0.3) is 0 Å². The molecule has 1 aromatic heterocycles. The molecule has 30 heavy (non-hydrogen) atoms. The number of aromatic nitrogens is 1. The lowest BCUT2D eigenvalue weighted by molar-refractivity contribution is -0.133. The number of carbonyl (C=O) groups excluding carboxylic acids is 1. The summed E-state index contributed by atoms with van der Waals surface area (Å²) in [7, 11) is 1.66. The molecule has 0 atom stereocenters. The molecule has 1 fully saturated rings. The summed E-state index contributed by atoms with van der Waals surface area (Å²) in [6.07, 6.45) is 1.32. The maximum absolute atomic E-state index is 12.6. The highest BCUT2D eigenvalue weighted by Gasteiger charge is 2.21. The summed E-state index contributed by atoms with van der Waals surface area (Å²) in [6.45, 7) is 4.23. The number of rotatable bonds is 7. The molecule has 0 saturated carbocycles. The van der Waals surface area contributed by atoms with E-state index in [9.17, 15) is 4.79 Å². The monoisotopic (exact) mass is 421 g/mol. The number of aryl methyl sites for hydroxylation is 1. The van der Waals surface area contributed by atoms with E-state index >= 15 is 0 Å². The second kappa shape index (κ2) is 9.87. The van der Waals surface area contributed by atoms with Crippen LogP contribution in [0.2, 0.25) is 0 Å². The largest absolute Gasteiger partial charge is 0.497 e. The van der Waals surface area contributed by atoms with Crippen molar-refractivity contribution in [2.24, 2.45) is 0 Å². The highest BCUT2D eigenvalue weighted by molar-refractivity contribution is 7.09. The summed E-state index contributed by atoms with van der Waals surface area (Å²) >= 11 is 1.71. The zero-order valence-corrected chi connectivity index (χ0v) is 18.1. The molecular weight excluding hydrogens is 394 g/mol. The lowest BCUT2D eigenvalue weighted by Crippen LogP contribution is -2.48. The molecule has 2 heterocycles. The number of piperazine rings is 1. The van der Waals surface area contributed by atoms with E-state index in [-0.39, 0.29) is 5.91 Å². The standard InChI is InChI=1S/C24H27N3O2S/c1-29-21-10-7-19(8-11-21)9-12-24(28)27-15-13-26(14-16-27)17-23-25-22(18-30-23)20-5-3-2-4-6-20/h2-8,10-11,18H,9,12-17H2,1H3. The normalized spacial score (nSPS) is 14.6. The van der Waals surface area contributed by atoms with E-state index in [1.54, 1.807) is 18.4 Å². The fourth-order valence-corrected chi connectivity index (χ4v) is 4.52. The fourth-order valence-electron chi connectivity index (χ4n) is 3.67. The number of hydrogen-bond donors (Lipinski definition) is 0. The fraction of sp³-hybridized carbons (Fsp3) is 0.333. The predicted octanol–water partition coefficient (Wildman–Crippen LogP) is 4.10. The number of ether oxygens (including phenoxy) is 1. The Morgan fingerprint density at radius 1 is 1.03 bits per heavy atom. The van der Waals surface area contributed by atoms with Crippen LogP contribution < -0.4 is 4.74 Å². The second-order valence-electron chi connectivity index (χ2n) is 7.50. The minimum atomic E-state index is 0.242. The first kappa shape index (κ1) is 20.6. The zero-order chi connectivity index (χ0) is 20.8. The lowest BCUT2D eigenvalue weighted by Gasteiger charge is -2.34. The molecule has 6 heteroatoms. The summed E-state index contributed by atoms with van der Waals surface area (Å²) in [5, 5.41) is 3.26. The molecule has 1 saturated heterocycles. The summed E-state index contributed by atoms with van der Waals surface area (Å²) in [6, 6.07) is 18.2. The molecule has 1 aliphatic heterocycles. The van der Waals surface area contributed by atoms with E-state index < -0.39 is 0 Å². The molecule has 0 unspecified atom stereocenters. The first-order chi connectivity index (χ1) is 14.7. The minimum absolute atomic E-state index is 0.242. The Bertz CT molecular complexity index is 948. The van der Waals surface area contributed by atoms with Crippen molar-refractivity contribution in [1.29, 1.82) is 0 Å².